The number of nitrogens with one attached hydrogen (secondary N) is 2. The summed E-state index contributed by atoms with van der Waals surface area (Å²) in [6.07, 6.45) is 2.77. The molecule has 0 aliphatic carbocycles. The van der Waals surface area contributed by atoms with Crippen molar-refractivity contribution in [3.05, 3.63) is 45.5 Å². The van der Waals surface area contributed by atoms with Gasteiger partial charge in [-0.3, -0.25) is 0 Å². The largest absolute Gasteiger partial charge is 0.365 e. The smallest absolute Gasteiger partial charge is 0.224 e. The van der Waals surface area contributed by atoms with Gasteiger partial charge in [0.2, 0.25) is 5.95 Å². The van der Waals surface area contributed by atoms with Gasteiger partial charge in [0.25, 0.3) is 0 Å². The van der Waals surface area contributed by atoms with E-state index in [2.05, 4.69) is 43.5 Å². The molecule has 106 valence electrons. The summed E-state index contributed by atoms with van der Waals surface area (Å²) in [5.41, 5.74) is 1.10. The van der Waals surface area contributed by atoms with Crippen molar-refractivity contribution in [3.63, 3.8) is 0 Å². The Balaban J connectivity index is 2.04. The lowest BCUT2D eigenvalue weighted by Crippen LogP contribution is -2.08. The second kappa shape index (κ2) is 7.45. The first-order chi connectivity index (χ1) is 9.69. The lowest BCUT2D eigenvalue weighted by atomic mass is 10.2. The van der Waals surface area contributed by atoms with Gasteiger partial charge in [0.15, 0.2) is 0 Å². The molecule has 2 aromatic rings. The molecule has 0 atom stereocenters. The molecule has 0 spiro atoms. The minimum atomic E-state index is 0.628. The van der Waals surface area contributed by atoms with Crippen molar-refractivity contribution in [1.82, 2.24) is 9.97 Å². The minimum Gasteiger partial charge on any atom is -0.365 e. The molecule has 0 amide bonds. The molecule has 0 bridgehead atoms. The number of halogens is 2. The highest BCUT2D eigenvalue weighted by molar-refractivity contribution is 9.10. The van der Waals surface area contributed by atoms with Crippen LogP contribution in [0.5, 0.6) is 0 Å². The van der Waals surface area contributed by atoms with E-state index in [-0.39, 0.29) is 0 Å². The molecule has 6 heteroatoms. The summed E-state index contributed by atoms with van der Waals surface area (Å²) in [6.45, 7) is 3.61. The van der Waals surface area contributed by atoms with Gasteiger partial charge in [-0.2, -0.15) is 4.98 Å². The molecule has 0 saturated heterocycles. The molecule has 1 heterocycles. The fourth-order valence-corrected chi connectivity index (χ4v) is 2.19. The monoisotopic (exact) mass is 354 g/mol. The van der Waals surface area contributed by atoms with E-state index in [1.807, 2.05) is 24.3 Å². The molecule has 0 aliphatic heterocycles. The normalized spacial score (nSPS) is 10.3. The second-order valence-corrected chi connectivity index (χ2v) is 5.59. The summed E-state index contributed by atoms with van der Waals surface area (Å²) >= 11 is 9.41. The number of anilines is 2. The summed E-state index contributed by atoms with van der Waals surface area (Å²) in [6, 6.07) is 7.74. The average Bonchev–Trinajstić information content (AvgIpc) is 2.45. The predicted octanol–water partition coefficient (Wildman–Crippen LogP) is 4.33. The Kier molecular flexibility index (Phi) is 5.61. The number of benzene rings is 1. The van der Waals surface area contributed by atoms with Crippen LogP contribution in [0.15, 0.2) is 34.9 Å². The highest BCUT2D eigenvalue weighted by atomic mass is 79.9. The van der Waals surface area contributed by atoms with E-state index in [4.69, 9.17) is 11.6 Å². The van der Waals surface area contributed by atoms with E-state index in [1.165, 1.54) is 0 Å². The summed E-state index contributed by atoms with van der Waals surface area (Å²) < 4.78 is 0.835. The molecule has 1 aromatic carbocycles. The van der Waals surface area contributed by atoms with Crippen LogP contribution < -0.4 is 10.6 Å². The topological polar surface area (TPSA) is 49.8 Å². The Labute approximate surface area is 132 Å². The maximum absolute atomic E-state index is 5.97. The molecule has 0 radical (unpaired) electrons. The molecule has 2 rings (SSSR count). The van der Waals surface area contributed by atoms with Crippen molar-refractivity contribution in [3.8, 4) is 0 Å². The maximum atomic E-state index is 5.97. The molecule has 1 aromatic heterocycles. The standard InChI is InChI=1S/C14H16BrClN4/c1-2-6-17-14-19-9-12(15)13(20-14)18-8-10-4-3-5-11(16)7-10/h3-5,7,9H,2,6,8H2,1H3,(H2,17,18,19,20). The molecule has 0 saturated carbocycles. The molecule has 0 aliphatic rings. The SMILES string of the molecule is CCCNc1ncc(Br)c(NCc2cccc(Cl)c2)n1. The van der Waals surface area contributed by atoms with Crippen LogP contribution in [-0.4, -0.2) is 16.5 Å². The quantitative estimate of drug-likeness (QED) is 0.810. The Hall–Kier alpha value is -1.33. The molecular formula is C14H16BrClN4. The summed E-state index contributed by atoms with van der Waals surface area (Å²) in [7, 11) is 0. The predicted molar refractivity (Wildman–Crippen MR) is 87.3 cm³/mol. The fraction of sp³-hybridized carbons (Fsp3) is 0.286. The van der Waals surface area contributed by atoms with Crippen LogP contribution in [0.25, 0.3) is 0 Å². The van der Waals surface area contributed by atoms with E-state index >= 15 is 0 Å². The Morgan fingerprint density at radius 3 is 2.90 bits per heavy atom. The van der Waals surface area contributed by atoms with E-state index < -0.39 is 0 Å². The number of aromatic nitrogens is 2. The zero-order valence-electron chi connectivity index (χ0n) is 11.2. The van der Waals surface area contributed by atoms with E-state index in [9.17, 15) is 0 Å². The van der Waals surface area contributed by atoms with Crippen LogP contribution in [0.3, 0.4) is 0 Å². The fourth-order valence-electron chi connectivity index (χ4n) is 1.65. The van der Waals surface area contributed by atoms with Gasteiger partial charge in [-0.1, -0.05) is 30.7 Å². The van der Waals surface area contributed by atoms with Crippen molar-refractivity contribution in [2.24, 2.45) is 0 Å². The van der Waals surface area contributed by atoms with Crippen LogP contribution in [0.2, 0.25) is 5.02 Å². The molecular weight excluding hydrogens is 340 g/mol. The first-order valence-corrected chi connectivity index (χ1v) is 7.61. The van der Waals surface area contributed by atoms with Gasteiger partial charge in [-0.15, -0.1) is 0 Å². The van der Waals surface area contributed by atoms with Crippen molar-refractivity contribution < 1.29 is 0 Å². The lowest BCUT2D eigenvalue weighted by molar-refractivity contribution is 0.948. The molecule has 0 fully saturated rings. The minimum absolute atomic E-state index is 0.628. The first kappa shape index (κ1) is 15.1. The third-order valence-corrected chi connectivity index (χ3v) is 3.44. The highest BCUT2D eigenvalue weighted by Gasteiger charge is 2.04. The molecule has 2 N–H and O–H groups in total. The third-order valence-electron chi connectivity index (χ3n) is 2.63. The highest BCUT2D eigenvalue weighted by Crippen LogP contribution is 2.21. The van der Waals surface area contributed by atoms with Crippen molar-refractivity contribution >= 4 is 39.3 Å². The zero-order chi connectivity index (χ0) is 14.4. The van der Waals surface area contributed by atoms with Gasteiger partial charge in [-0.25, -0.2) is 4.98 Å². The van der Waals surface area contributed by atoms with Crippen LogP contribution in [0, 0.1) is 0 Å². The first-order valence-electron chi connectivity index (χ1n) is 6.43. The van der Waals surface area contributed by atoms with E-state index in [0.29, 0.717) is 12.5 Å². The molecule has 20 heavy (non-hydrogen) atoms. The van der Waals surface area contributed by atoms with Crippen LogP contribution >= 0.6 is 27.5 Å². The number of nitrogens with zero attached hydrogens (tertiary/aromatic N) is 2. The molecule has 4 nitrogen and oxygen atoms in total. The number of hydrogen-bond donors (Lipinski definition) is 2. The second-order valence-electron chi connectivity index (χ2n) is 4.30. The van der Waals surface area contributed by atoms with Gasteiger partial charge < -0.3 is 10.6 Å². The van der Waals surface area contributed by atoms with Crippen molar-refractivity contribution in [2.75, 3.05) is 17.2 Å². The number of rotatable bonds is 6. The lowest BCUT2D eigenvalue weighted by Gasteiger charge is -2.10. The van der Waals surface area contributed by atoms with Crippen molar-refractivity contribution in [2.45, 2.75) is 19.9 Å². The zero-order valence-corrected chi connectivity index (χ0v) is 13.5. The van der Waals surface area contributed by atoms with Gasteiger partial charge >= 0.3 is 0 Å². The van der Waals surface area contributed by atoms with Gasteiger partial charge in [0.05, 0.1) is 4.47 Å². The maximum Gasteiger partial charge on any atom is 0.224 e. The Morgan fingerprint density at radius 2 is 2.15 bits per heavy atom. The van der Waals surface area contributed by atoms with E-state index in [0.717, 1.165) is 33.8 Å². The Bertz CT molecular complexity index is 577. The Morgan fingerprint density at radius 1 is 1.30 bits per heavy atom. The molecule has 0 unspecified atom stereocenters. The summed E-state index contributed by atoms with van der Waals surface area (Å²) in [5.74, 6) is 1.39. The van der Waals surface area contributed by atoms with E-state index in [1.54, 1.807) is 6.20 Å². The van der Waals surface area contributed by atoms with Crippen LogP contribution in [-0.2, 0) is 6.54 Å². The van der Waals surface area contributed by atoms with Crippen molar-refractivity contribution in [1.29, 1.82) is 0 Å². The summed E-state index contributed by atoms with van der Waals surface area (Å²) in [4.78, 5) is 8.65. The third kappa shape index (κ3) is 4.35. The van der Waals surface area contributed by atoms with Gasteiger partial charge in [0.1, 0.15) is 5.82 Å². The summed E-state index contributed by atoms with van der Waals surface area (Å²) in [5, 5.41) is 7.17. The van der Waals surface area contributed by atoms with Gasteiger partial charge in [-0.05, 0) is 40.0 Å². The average molecular weight is 356 g/mol. The number of hydrogen-bond acceptors (Lipinski definition) is 4. The van der Waals surface area contributed by atoms with Crippen LogP contribution in [0.1, 0.15) is 18.9 Å². The van der Waals surface area contributed by atoms with Crippen LogP contribution in [0.4, 0.5) is 11.8 Å². The van der Waals surface area contributed by atoms with Gasteiger partial charge in [0, 0.05) is 24.3 Å².